The summed E-state index contributed by atoms with van der Waals surface area (Å²) < 4.78 is 0. The van der Waals surface area contributed by atoms with Crippen molar-refractivity contribution in [2.75, 3.05) is 22.2 Å². The van der Waals surface area contributed by atoms with E-state index in [0.29, 0.717) is 22.8 Å². The molecule has 3 aliphatic heterocycles. The third-order valence-electron chi connectivity index (χ3n) is 6.35. The summed E-state index contributed by atoms with van der Waals surface area (Å²) in [6.45, 7) is 0. The first-order valence-corrected chi connectivity index (χ1v) is 11.6. The van der Waals surface area contributed by atoms with Crippen molar-refractivity contribution in [2.45, 2.75) is 18.0 Å². The molecule has 4 unspecified atom stereocenters. The highest BCUT2D eigenvalue weighted by molar-refractivity contribution is 7.98. The lowest BCUT2D eigenvalue weighted by molar-refractivity contribution is -0.130. The Morgan fingerprint density at radius 1 is 1.07 bits per heavy atom. The van der Waals surface area contributed by atoms with Crippen LogP contribution in [0.3, 0.4) is 0 Å². The zero-order valence-corrected chi connectivity index (χ0v) is 17.8. The van der Waals surface area contributed by atoms with Gasteiger partial charge in [0, 0.05) is 17.3 Å². The zero-order valence-electron chi connectivity index (χ0n) is 16.2. The second-order valence-electron chi connectivity index (χ2n) is 7.81. The maximum atomic E-state index is 13.7. The fraction of sp³-hybridized carbons (Fsp3) is 0.318. The molecule has 3 heterocycles. The summed E-state index contributed by atoms with van der Waals surface area (Å²) in [6, 6.07) is 13.9. The fourth-order valence-corrected chi connectivity index (χ4v) is 5.83. The van der Waals surface area contributed by atoms with E-state index in [-0.39, 0.29) is 23.8 Å². The number of hydrogen-bond donors (Lipinski definition) is 2. The second kappa shape index (κ2) is 7.11. The summed E-state index contributed by atoms with van der Waals surface area (Å²) in [7, 11) is 0. The first-order valence-electron chi connectivity index (χ1n) is 9.80. The Labute approximate surface area is 183 Å². The van der Waals surface area contributed by atoms with Crippen molar-refractivity contribution < 1.29 is 14.4 Å². The van der Waals surface area contributed by atoms with Gasteiger partial charge in [0.2, 0.25) is 17.7 Å². The van der Waals surface area contributed by atoms with Crippen molar-refractivity contribution in [3.05, 3.63) is 59.1 Å². The molecule has 3 amide bonds. The summed E-state index contributed by atoms with van der Waals surface area (Å²) in [5, 5.41) is 6.67. The van der Waals surface area contributed by atoms with Gasteiger partial charge in [-0.25, -0.2) is 4.90 Å². The molecule has 0 radical (unpaired) electrons. The molecule has 8 heteroatoms. The normalized spacial score (nSPS) is 29.5. The van der Waals surface area contributed by atoms with E-state index in [2.05, 4.69) is 10.6 Å². The monoisotopic (exact) mass is 441 g/mol. The van der Waals surface area contributed by atoms with Crippen molar-refractivity contribution in [1.29, 1.82) is 0 Å². The summed E-state index contributed by atoms with van der Waals surface area (Å²) in [5.74, 6) is -1.61. The number of para-hydroxylation sites is 2. The largest absolute Gasteiger partial charge is 0.324 e. The lowest BCUT2D eigenvalue weighted by atomic mass is 9.76. The number of hydrogen-bond acceptors (Lipinski definition) is 5. The number of carbonyl (C=O) groups is 3. The third kappa shape index (κ3) is 2.52. The number of anilines is 2. The van der Waals surface area contributed by atoms with Crippen LogP contribution in [0.5, 0.6) is 0 Å². The van der Waals surface area contributed by atoms with E-state index >= 15 is 0 Å². The number of benzene rings is 2. The predicted octanol–water partition coefficient (Wildman–Crippen LogP) is 3.02. The van der Waals surface area contributed by atoms with Crippen LogP contribution in [-0.2, 0) is 19.9 Å². The molecule has 2 aromatic rings. The maximum absolute atomic E-state index is 13.7. The molecule has 3 aliphatic rings. The molecular formula is C22H20ClN3O3S. The number of rotatable bonds is 4. The lowest BCUT2D eigenvalue weighted by Gasteiger charge is -2.29. The molecule has 2 aromatic carbocycles. The molecule has 6 nitrogen and oxygen atoms in total. The fourth-order valence-electron chi connectivity index (χ4n) is 5.12. The summed E-state index contributed by atoms with van der Waals surface area (Å²) >= 11 is 8.00. The first kappa shape index (κ1) is 19.6. The molecule has 2 N–H and O–H groups in total. The van der Waals surface area contributed by atoms with Crippen molar-refractivity contribution >= 4 is 52.5 Å². The third-order valence-corrected chi connectivity index (χ3v) is 7.31. The van der Waals surface area contributed by atoms with Crippen LogP contribution in [-0.4, -0.2) is 35.8 Å². The number of thioether (sulfide) groups is 1. The highest BCUT2D eigenvalue weighted by Crippen LogP contribution is 2.54. The van der Waals surface area contributed by atoms with Crippen LogP contribution in [0.1, 0.15) is 12.0 Å². The Kier molecular flexibility index (Phi) is 4.65. The van der Waals surface area contributed by atoms with Gasteiger partial charge in [-0.2, -0.15) is 11.8 Å². The second-order valence-corrected chi connectivity index (χ2v) is 9.20. The predicted molar refractivity (Wildman–Crippen MR) is 118 cm³/mol. The Balaban J connectivity index is 1.66. The number of imide groups is 1. The van der Waals surface area contributed by atoms with Gasteiger partial charge in [0.25, 0.3) is 0 Å². The molecule has 0 bridgehead atoms. The first-order chi connectivity index (χ1) is 14.5. The smallest absolute Gasteiger partial charge is 0.250 e. The van der Waals surface area contributed by atoms with E-state index in [1.54, 1.807) is 36.0 Å². The number of halogens is 1. The maximum Gasteiger partial charge on any atom is 0.250 e. The van der Waals surface area contributed by atoms with Crippen molar-refractivity contribution in [1.82, 2.24) is 5.32 Å². The van der Waals surface area contributed by atoms with E-state index in [4.69, 9.17) is 11.6 Å². The number of nitrogens with one attached hydrogen (secondary N) is 2. The average Bonchev–Trinajstić information content (AvgIpc) is 3.32. The number of carbonyl (C=O) groups excluding carboxylic acids is 3. The lowest BCUT2D eigenvalue weighted by Crippen LogP contribution is -2.53. The van der Waals surface area contributed by atoms with E-state index in [1.807, 2.05) is 30.5 Å². The SMILES string of the molecule is CSCCC1NC2(C(=O)Nc3ccccc32)C2C(=O)N(c3ccccc3Cl)C(=O)C12. The van der Waals surface area contributed by atoms with Gasteiger partial charge in [-0.1, -0.05) is 41.9 Å². The van der Waals surface area contributed by atoms with E-state index in [9.17, 15) is 14.4 Å². The van der Waals surface area contributed by atoms with E-state index in [0.717, 1.165) is 11.3 Å². The molecule has 0 aliphatic carbocycles. The molecule has 4 atom stereocenters. The zero-order chi connectivity index (χ0) is 21.0. The number of amides is 3. The number of fused-ring (bicyclic) bond motifs is 4. The van der Waals surface area contributed by atoms with Gasteiger partial charge in [0.15, 0.2) is 0 Å². The molecule has 5 rings (SSSR count). The molecule has 30 heavy (non-hydrogen) atoms. The van der Waals surface area contributed by atoms with Gasteiger partial charge in [-0.05, 0) is 36.6 Å². The van der Waals surface area contributed by atoms with Gasteiger partial charge in [-0.3, -0.25) is 19.7 Å². The molecule has 0 aromatic heterocycles. The van der Waals surface area contributed by atoms with Gasteiger partial charge in [-0.15, -0.1) is 0 Å². The van der Waals surface area contributed by atoms with Gasteiger partial charge >= 0.3 is 0 Å². The Morgan fingerprint density at radius 2 is 1.80 bits per heavy atom. The van der Waals surface area contributed by atoms with Crippen LogP contribution in [0.2, 0.25) is 5.02 Å². The van der Waals surface area contributed by atoms with Crippen molar-refractivity contribution in [3.8, 4) is 0 Å². The number of nitrogens with zero attached hydrogens (tertiary/aromatic N) is 1. The van der Waals surface area contributed by atoms with Crippen LogP contribution in [0.25, 0.3) is 0 Å². The average molecular weight is 442 g/mol. The minimum absolute atomic E-state index is 0.285. The molecular weight excluding hydrogens is 422 g/mol. The summed E-state index contributed by atoms with van der Waals surface area (Å²) in [6.07, 6.45) is 2.67. The quantitative estimate of drug-likeness (QED) is 0.713. The van der Waals surface area contributed by atoms with Crippen LogP contribution in [0, 0.1) is 11.8 Å². The van der Waals surface area contributed by atoms with Crippen LogP contribution < -0.4 is 15.5 Å². The molecule has 1 spiro atoms. The highest BCUT2D eigenvalue weighted by Gasteiger charge is 2.70. The molecule has 2 saturated heterocycles. The minimum atomic E-state index is -1.26. The van der Waals surface area contributed by atoms with Crippen LogP contribution in [0.15, 0.2) is 48.5 Å². The molecule has 154 valence electrons. The Morgan fingerprint density at radius 3 is 2.57 bits per heavy atom. The molecule has 0 saturated carbocycles. The van der Waals surface area contributed by atoms with Gasteiger partial charge in [0.1, 0.15) is 5.54 Å². The Bertz CT molecular complexity index is 1080. The van der Waals surface area contributed by atoms with E-state index < -0.39 is 17.4 Å². The van der Waals surface area contributed by atoms with E-state index in [1.165, 1.54) is 4.90 Å². The minimum Gasteiger partial charge on any atom is -0.324 e. The Hall–Kier alpha value is -2.35. The summed E-state index contributed by atoms with van der Waals surface area (Å²) in [5.41, 5.74) is 0.510. The van der Waals surface area contributed by atoms with Crippen LogP contribution in [0.4, 0.5) is 11.4 Å². The van der Waals surface area contributed by atoms with Gasteiger partial charge in [0.05, 0.1) is 22.5 Å². The highest BCUT2D eigenvalue weighted by atomic mass is 35.5. The van der Waals surface area contributed by atoms with Crippen molar-refractivity contribution in [3.63, 3.8) is 0 Å². The molecule has 2 fully saturated rings. The summed E-state index contributed by atoms with van der Waals surface area (Å²) in [4.78, 5) is 41.7. The van der Waals surface area contributed by atoms with Crippen LogP contribution >= 0.6 is 23.4 Å². The topological polar surface area (TPSA) is 78.5 Å². The van der Waals surface area contributed by atoms with Gasteiger partial charge < -0.3 is 5.32 Å². The standard InChI is InChI=1S/C22H20ClN3O3S/c1-30-11-10-15-17-18(20(28)26(19(17)27)16-9-5-3-7-13(16)23)22(25-15)12-6-2-4-8-14(12)24-21(22)29/h2-9,15,17-18,25H,10-11H2,1H3,(H,24,29). The van der Waals surface area contributed by atoms with Crippen molar-refractivity contribution in [2.24, 2.45) is 11.8 Å².